The lowest BCUT2D eigenvalue weighted by Crippen LogP contribution is -2.26. The number of hydrogen-bond acceptors (Lipinski definition) is 6. The van der Waals surface area contributed by atoms with E-state index in [0.717, 1.165) is 52.9 Å². The van der Waals surface area contributed by atoms with Crippen molar-refractivity contribution in [1.82, 2.24) is 19.1 Å². The Morgan fingerprint density at radius 1 is 1.00 bits per heavy atom. The van der Waals surface area contributed by atoms with Gasteiger partial charge in [-0.1, -0.05) is 17.7 Å². The molecule has 1 aliphatic rings. The number of rotatable bonds is 4. The zero-order valence-electron chi connectivity index (χ0n) is 21.1. The summed E-state index contributed by atoms with van der Waals surface area (Å²) in [5.41, 5.74) is 13.0. The topological polar surface area (TPSA) is 102 Å². The minimum Gasteiger partial charge on any atom is -0.507 e. The number of nitrogens with zero attached hydrogens (tertiary/aromatic N) is 5. The summed E-state index contributed by atoms with van der Waals surface area (Å²) in [7, 11) is 1.69. The number of phenolic OH excluding ortho intramolecular Hbond substituents is 1. The molecule has 1 aliphatic heterocycles. The maximum absolute atomic E-state index is 12.4. The lowest BCUT2D eigenvalue weighted by atomic mass is 9.94. The minimum atomic E-state index is -0.186. The molecule has 3 N–H and O–H groups in total. The first-order valence-corrected chi connectivity index (χ1v) is 12.8. The van der Waals surface area contributed by atoms with Crippen molar-refractivity contribution >= 4 is 28.3 Å². The highest BCUT2D eigenvalue weighted by molar-refractivity contribution is 6.32. The van der Waals surface area contributed by atoms with Crippen molar-refractivity contribution in [3.63, 3.8) is 0 Å². The van der Waals surface area contributed by atoms with E-state index in [0.29, 0.717) is 21.8 Å². The van der Waals surface area contributed by atoms with E-state index >= 15 is 0 Å². The fraction of sp³-hybridized carbons (Fsp3) is 0.207. The summed E-state index contributed by atoms with van der Waals surface area (Å²) in [5.74, 6) is 0.142. The van der Waals surface area contributed by atoms with Gasteiger partial charge in [0.25, 0.3) is 0 Å². The molecule has 9 heteroatoms. The second-order valence-corrected chi connectivity index (χ2v) is 10.3. The van der Waals surface area contributed by atoms with Gasteiger partial charge in [-0.05, 0) is 66.4 Å². The molecular formula is C29H27ClN6O2. The predicted octanol–water partition coefficient (Wildman–Crippen LogP) is 4.66. The van der Waals surface area contributed by atoms with Gasteiger partial charge in [0.1, 0.15) is 11.3 Å². The molecule has 192 valence electrons. The highest BCUT2D eigenvalue weighted by Crippen LogP contribution is 2.42. The Morgan fingerprint density at radius 3 is 2.45 bits per heavy atom. The Hall–Kier alpha value is -4.14. The molecule has 0 saturated carbocycles. The Morgan fingerprint density at radius 2 is 1.76 bits per heavy atom. The smallest absolute Gasteiger partial charge is 0.332 e. The molecule has 2 aromatic heterocycles. The van der Waals surface area contributed by atoms with E-state index in [1.54, 1.807) is 44.0 Å². The summed E-state index contributed by atoms with van der Waals surface area (Å²) >= 11 is 6.63. The van der Waals surface area contributed by atoms with E-state index in [4.69, 9.17) is 17.3 Å². The van der Waals surface area contributed by atoms with Gasteiger partial charge in [-0.15, -0.1) is 0 Å². The predicted molar refractivity (Wildman–Crippen MR) is 151 cm³/mol. The van der Waals surface area contributed by atoms with Crippen LogP contribution in [0.2, 0.25) is 5.02 Å². The monoisotopic (exact) mass is 526 g/mol. The molecule has 0 bridgehead atoms. The van der Waals surface area contributed by atoms with Crippen LogP contribution in [0.3, 0.4) is 0 Å². The molecule has 1 saturated heterocycles. The van der Waals surface area contributed by atoms with Crippen LogP contribution in [0.25, 0.3) is 39.0 Å². The number of aromatic hydroxyl groups is 1. The third kappa shape index (κ3) is 4.12. The molecule has 8 nitrogen and oxygen atoms in total. The molecule has 1 fully saturated rings. The molecule has 0 aliphatic carbocycles. The summed E-state index contributed by atoms with van der Waals surface area (Å²) in [5, 5.41) is 12.0. The molecular weight excluding hydrogens is 500 g/mol. The summed E-state index contributed by atoms with van der Waals surface area (Å²) in [6.45, 7) is 3.58. The highest BCUT2D eigenvalue weighted by atomic mass is 35.5. The molecule has 3 aromatic carbocycles. The highest BCUT2D eigenvalue weighted by Gasteiger charge is 2.23. The average Bonchev–Trinajstić information content (AvgIpc) is 3.49. The van der Waals surface area contributed by atoms with Gasteiger partial charge in [-0.2, -0.15) is 0 Å². The van der Waals surface area contributed by atoms with Gasteiger partial charge in [0.05, 0.1) is 21.9 Å². The average molecular weight is 527 g/mol. The maximum Gasteiger partial charge on any atom is 0.332 e. The lowest BCUT2D eigenvalue weighted by Gasteiger charge is -2.21. The summed E-state index contributed by atoms with van der Waals surface area (Å²) in [6.07, 6.45) is 7.65. The fourth-order valence-electron chi connectivity index (χ4n) is 5.20. The molecule has 0 spiro atoms. The van der Waals surface area contributed by atoms with Crippen molar-refractivity contribution in [2.45, 2.75) is 19.4 Å². The van der Waals surface area contributed by atoms with Crippen LogP contribution >= 0.6 is 11.6 Å². The third-order valence-electron chi connectivity index (χ3n) is 7.15. The molecule has 1 atom stereocenters. The largest absolute Gasteiger partial charge is 0.507 e. The Bertz CT molecular complexity index is 1760. The van der Waals surface area contributed by atoms with Crippen molar-refractivity contribution < 1.29 is 5.11 Å². The molecule has 6 rings (SSSR count). The molecule has 5 aromatic rings. The number of nitrogens with two attached hydrogens (primary N) is 1. The van der Waals surface area contributed by atoms with Crippen molar-refractivity contribution in [3.8, 4) is 33.7 Å². The van der Waals surface area contributed by atoms with Crippen LogP contribution in [0, 0.1) is 6.92 Å². The standard InChI is InChI=1S/C29H27ClN6O2/c1-17-11-21(18-3-4-25(23(30)13-18)36-10-9-34(2)29(36)38)28(37)22(12-17)19-14-24-27(33-7-6-32-24)26(15-19)35-8-5-20(31)16-35/h3-4,6-7,9-15,20,37H,5,8,16,31H2,1-2H3/t20-/m0/s1. The number of fused-ring (bicyclic) bond motifs is 1. The summed E-state index contributed by atoms with van der Waals surface area (Å²) in [6, 6.07) is 13.5. The van der Waals surface area contributed by atoms with Gasteiger partial charge in [-0.25, -0.2) is 4.79 Å². The van der Waals surface area contributed by atoms with Crippen molar-refractivity contribution in [2.24, 2.45) is 12.8 Å². The Labute approximate surface area is 224 Å². The SMILES string of the molecule is Cc1cc(-c2ccc(-n3ccn(C)c3=O)c(Cl)c2)c(O)c(-c2cc(N3CC[C@H](N)C3)c3nccnc3c2)c1. The number of aryl methyl sites for hydroxylation is 2. The number of benzene rings is 3. The van der Waals surface area contributed by atoms with E-state index in [1.165, 1.54) is 9.13 Å². The second kappa shape index (κ2) is 9.31. The van der Waals surface area contributed by atoms with Crippen molar-refractivity contribution in [1.29, 1.82) is 0 Å². The number of imidazole rings is 1. The van der Waals surface area contributed by atoms with Crippen LogP contribution in [-0.4, -0.2) is 43.3 Å². The molecule has 0 unspecified atom stereocenters. The van der Waals surface area contributed by atoms with E-state index in [-0.39, 0.29) is 17.5 Å². The van der Waals surface area contributed by atoms with Crippen LogP contribution in [0.15, 0.2) is 72.0 Å². The first-order valence-electron chi connectivity index (χ1n) is 12.4. The minimum absolute atomic E-state index is 0.115. The summed E-state index contributed by atoms with van der Waals surface area (Å²) in [4.78, 5) is 23.8. The van der Waals surface area contributed by atoms with E-state index in [1.807, 2.05) is 31.2 Å². The molecule has 38 heavy (non-hydrogen) atoms. The van der Waals surface area contributed by atoms with Gasteiger partial charge in [-0.3, -0.25) is 14.5 Å². The van der Waals surface area contributed by atoms with E-state index in [9.17, 15) is 9.90 Å². The molecule has 0 radical (unpaired) electrons. The quantitative estimate of drug-likeness (QED) is 0.353. The number of phenols is 1. The van der Waals surface area contributed by atoms with Gasteiger partial charge >= 0.3 is 5.69 Å². The van der Waals surface area contributed by atoms with Crippen LogP contribution in [0.4, 0.5) is 5.69 Å². The first kappa shape index (κ1) is 24.2. The lowest BCUT2D eigenvalue weighted by molar-refractivity contribution is 0.479. The van der Waals surface area contributed by atoms with Crippen molar-refractivity contribution in [3.05, 3.63) is 88.3 Å². The van der Waals surface area contributed by atoms with Gasteiger partial charge in [0.2, 0.25) is 0 Å². The summed E-state index contributed by atoms with van der Waals surface area (Å²) < 4.78 is 2.98. The number of halogens is 1. The van der Waals surface area contributed by atoms with Crippen LogP contribution < -0.4 is 16.3 Å². The Kier molecular flexibility index (Phi) is 5.93. The first-order chi connectivity index (χ1) is 18.3. The van der Waals surface area contributed by atoms with Gasteiger partial charge in [0, 0.05) is 62.1 Å². The number of aromatic nitrogens is 4. The van der Waals surface area contributed by atoms with E-state index in [2.05, 4.69) is 20.9 Å². The van der Waals surface area contributed by atoms with Crippen LogP contribution in [-0.2, 0) is 7.05 Å². The molecule has 0 amide bonds. The number of hydrogen-bond donors (Lipinski definition) is 2. The van der Waals surface area contributed by atoms with Crippen molar-refractivity contribution in [2.75, 3.05) is 18.0 Å². The third-order valence-corrected chi connectivity index (χ3v) is 7.45. The zero-order valence-corrected chi connectivity index (χ0v) is 21.9. The Balaban J connectivity index is 1.48. The van der Waals surface area contributed by atoms with Gasteiger partial charge < -0.3 is 20.3 Å². The number of anilines is 1. The van der Waals surface area contributed by atoms with Crippen LogP contribution in [0.5, 0.6) is 5.75 Å². The fourth-order valence-corrected chi connectivity index (χ4v) is 5.47. The maximum atomic E-state index is 12.4. The van der Waals surface area contributed by atoms with Crippen LogP contribution in [0.1, 0.15) is 12.0 Å². The normalized spacial score (nSPS) is 15.5. The van der Waals surface area contributed by atoms with E-state index < -0.39 is 0 Å². The zero-order chi connectivity index (χ0) is 26.6. The molecule has 3 heterocycles. The second-order valence-electron chi connectivity index (χ2n) is 9.85. The van der Waals surface area contributed by atoms with Gasteiger partial charge in [0.15, 0.2) is 0 Å².